The summed E-state index contributed by atoms with van der Waals surface area (Å²) in [6.07, 6.45) is 1.72. The zero-order chi connectivity index (χ0) is 24.3. The van der Waals surface area contributed by atoms with Crippen molar-refractivity contribution in [2.24, 2.45) is 0 Å². The standard InChI is InChI=1S/C25H22ClN3O4S/c1-17-2-5-20(14-23(17)26)29-34(31,32)22-10-8-21(9-11-22)33-15-24(30)28-19-6-3-18(4-7-19)25(16-27)12-13-25/h2-11,14,29H,12-13,15H2,1H3,(H,28,30). The monoisotopic (exact) mass is 495 g/mol. The number of rotatable bonds is 8. The van der Waals surface area contributed by atoms with E-state index in [1.54, 1.807) is 30.3 Å². The highest BCUT2D eigenvalue weighted by Gasteiger charge is 2.44. The molecule has 0 atom stereocenters. The number of carbonyl (C=O) groups excluding carboxylic acids is 1. The van der Waals surface area contributed by atoms with Gasteiger partial charge in [-0.15, -0.1) is 0 Å². The van der Waals surface area contributed by atoms with Gasteiger partial charge < -0.3 is 10.1 Å². The summed E-state index contributed by atoms with van der Waals surface area (Å²) in [5, 5.41) is 12.5. The van der Waals surface area contributed by atoms with Crippen LogP contribution in [0.5, 0.6) is 5.75 Å². The maximum atomic E-state index is 12.6. The number of benzene rings is 3. The van der Waals surface area contributed by atoms with Gasteiger partial charge in [-0.2, -0.15) is 5.26 Å². The van der Waals surface area contributed by atoms with Gasteiger partial charge in [0.25, 0.3) is 15.9 Å². The fraction of sp³-hybridized carbons (Fsp3) is 0.200. The van der Waals surface area contributed by atoms with Crippen LogP contribution in [0.15, 0.2) is 71.6 Å². The minimum Gasteiger partial charge on any atom is -0.484 e. The Bertz CT molecular complexity index is 1360. The molecule has 7 nitrogen and oxygen atoms in total. The molecular formula is C25H22ClN3O4S. The number of nitrogens with zero attached hydrogens (tertiary/aromatic N) is 1. The molecule has 0 saturated heterocycles. The first-order valence-corrected chi connectivity index (χ1v) is 12.4. The second kappa shape index (κ2) is 9.37. The molecule has 1 amide bonds. The Morgan fingerprint density at radius 1 is 1.06 bits per heavy atom. The van der Waals surface area contributed by atoms with Crippen molar-refractivity contribution in [2.75, 3.05) is 16.6 Å². The molecule has 9 heteroatoms. The summed E-state index contributed by atoms with van der Waals surface area (Å²) in [5.41, 5.74) is 2.40. The van der Waals surface area contributed by atoms with E-state index in [0.717, 1.165) is 24.0 Å². The average Bonchev–Trinajstić information content (AvgIpc) is 3.62. The number of amides is 1. The van der Waals surface area contributed by atoms with Crippen molar-refractivity contribution in [3.05, 3.63) is 82.9 Å². The molecule has 0 bridgehead atoms. The molecule has 0 unspecified atom stereocenters. The second-order valence-corrected chi connectivity index (χ2v) is 10.2. The molecule has 0 heterocycles. The van der Waals surface area contributed by atoms with Crippen molar-refractivity contribution in [2.45, 2.75) is 30.1 Å². The third-order valence-corrected chi connectivity index (χ3v) is 7.42. The predicted molar refractivity (Wildman–Crippen MR) is 131 cm³/mol. The number of hydrogen-bond acceptors (Lipinski definition) is 5. The van der Waals surface area contributed by atoms with Crippen molar-refractivity contribution in [1.29, 1.82) is 5.26 Å². The fourth-order valence-corrected chi connectivity index (χ4v) is 4.62. The summed E-state index contributed by atoms with van der Waals surface area (Å²) in [4.78, 5) is 12.3. The van der Waals surface area contributed by atoms with Crippen LogP contribution in [0.4, 0.5) is 11.4 Å². The van der Waals surface area contributed by atoms with Gasteiger partial charge >= 0.3 is 0 Å². The maximum absolute atomic E-state index is 12.6. The summed E-state index contributed by atoms with van der Waals surface area (Å²) >= 11 is 6.06. The van der Waals surface area contributed by atoms with Gasteiger partial charge in [0.2, 0.25) is 0 Å². The second-order valence-electron chi connectivity index (χ2n) is 8.15. The van der Waals surface area contributed by atoms with Gasteiger partial charge in [0.1, 0.15) is 5.75 Å². The Kier molecular flexibility index (Phi) is 6.51. The number of nitrogens with one attached hydrogen (secondary N) is 2. The minimum absolute atomic E-state index is 0.0480. The van der Waals surface area contributed by atoms with Crippen LogP contribution in [-0.4, -0.2) is 20.9 Å². The van der Waals surface area contributed by atoms with Gasteiger partial charge in [-0.3, -0.25) is 9.52 Å². The highest BCUT2D eigenvalue weighted by atomic mass is 35.5. The van der Waals surface area contributed by atoms with E-state index in [2.05, 4.69) is 16.1 Å². The van der Waals surface area contributed by atoms with Crippen LogP contribution >= 0.6 is 11.6 Å². The smallest absolute Gasteiger partial charge is 0.262 e. The lowest BCUT2D eigenvalue weighted by molar-refractivity contribution is -0.118. The van der Waals surface area contributed by atoms with Crippen LogP contribution in [-0.2, 0) is 20.2 Å². The van der Waals surface area contributed by atoms with Crippen LogP contribution < -0.4 is 14.8 Å². The van der Waals surface area contributed by atoms with Crippen molar-refractivity contribution in [1.82, 2.24) is 0 Å². The Morgan fingerprint density at radius 2 is 1.71 bits per heavy atom. The van der Waals surface area contributed by atoms with Gasteiger partial charge in [0.05, 0.1) is 22.1 Å². The molecular weight excluding hydrogens is 474 g/mol. The van der Waals surface area contributed by atoms with Gasteiger partial charge in [-0.25, -0.2) is 8.42 Å². The Hall–Kier alpha value is -3.54. The SMILES string of the molecule is Cc1ccc(NS(=O)(=O)c2ccc(OCC(=O)Nc3ccc(C4(C#N)CC4)cc3)cc2)cc1Cl. The molecule has 1 aliphatic carbocycles. The quantitative estimate of drug-likeness (QED) is 0.456. The molecule has 1 fully saturated rings. The van der Waals surface area contributed by atoms with Crippen LogP contribution in [0.25, 0.3) is 0 Å². The van der Waals surface area contributed by atoms with Gasteiger partial charge in [-0.05, 0) is 79.4 Å². The Morgan fingerprint density at radius 3 is 2.29 bits per heavy atom. The zero-order valence-corrected chi connectivity index (χ0v) is 19.9. The first-order chi connectivity index (χ1) is 16.2. The predicted octanol–water partition coefficient (Wildman–Crippen LogP) is 5.02. The summed E-state index contributed by atoms with van der Waals surface area (Å²) in [5.74, 6) is -0.00342. The van der Waals surface area contributed by atoms with Crippen molar-refractivity contribution in [3.8, 4) is 11.8 Å². The van der Waals surface area contributed by atoms with Crippen LogP contribution in [0, 0.1) is 18.3 Å². The number of nitriles is 1. The first-order valence-electron chi connectivity index (χ1n) is 10.5. The number of anilines is 2. The Balaban J connectivity index is 1.31. The van der Waals surface area contributed by atoms with Crippen LogP contribution in [0.2, 0.25) is 5.02 Å². The van der Waals surface area contributed by atoms with E-state index in [4.69, 9.17) is 16.3 Å². The van der Waals surface area contributed by atoms with E-state index in [0.29, 0.717) is 22.1 Å². The molecule has 4 rings (SSSR count). The molecule has 3 aromatic rings. The van der Waals surface area contributed by atoms with Crippen LogP contribution in [0.3, 0.4) is 0 Å². The molecule has 2 N–H and O–H groups in total. The van der Waals surface area contributed by atoms with Crippen LogP contribution in [0.1, 0.15) is 24.0 Å². The Labute approximate surface area is 203 Å². The zero-order valence-electron chi connectivity index (χ0n) is 18.3. The molecule has 0 aromatic heterocycles. The number of aryl methyl sites for hydroxylation is 1. The summed E-state index contributed by atoms with van der Waals surface area (Å²) in [6, 6.07) is 20.2. The summed E-state index contributed by atoms with van der Waals surface area (Å²) in [7, 11) is -3.81. The lowest BCUT2D eigenvalue weighted by atomic mass is 9.98. The first kappa shape index (κ1) is 23.6. The van der Waals surface area contributed by atoms with Gasteiger partial charge in [0.15, 0.2) is 6.61 Å². The van der Waals surface area contributed by atoms with E-state index in [9.17, 15) is 18.5 Å². The largest absolute Gasteiger partial charge is 0.484 e. The lowest BCUT2D eigenvalue weighted by Gasteiger charge is -2.11. The average molecular weight is 496 g/mol. The fourth-order valence-electron chi connectivity index (χ4n) is 3.39. The van der Waals surface area contributed by atoms with E-state index in [1.807, 2.05) is 19.1 Å². The molecule has 34 heavy (non-hydrogen) atoms. The minimum atomic E-state index is -3.81. The molecule has 1 aliphatic rings. The lowest BCUT2D eigenvalue weighted by Crippen LogP contribution is -2.20. The normalized spacial score (nSPS) is 14.0. The summed E-state index contributed by atoms with van der Waals surface area (Å²) < 4.78 is 33.2. The molecule has 0 aliphatic heterocycles. The highest BCUT2D eigenvalue weighted by Crippen LogP contribution is 2.47. The molecule has 0 spiro atoms. The third kappa shape index (κ3) is 5.33. The topological polar surface area (TPSA) is 108 Å². The van der Waals surface area contributed by atoms with Crippen molar-refractivity contribution < 1.29 is 17.9 Å². The van der Waals surface area contributed by atoms with E-state index >= 15 is 0 Å². The molecule has 3 aromatic carbocycles. The van der Waals surface area contributed by atoms with Gasteiger partial charge in [-0.1, -0.05) is 29.8 Å². The van der Waals surface area contributed by atoms with Crippen molar-refractivity contribution in [3.63, 3.8) is 0 Å². The summed E-state index contributed by atoms with van der Waals surface area (Å²) in [6.45, 7) is 1.59. The third-order valence-electron chi connectivity index (χ3n) is 5.61. The van der Waals surface area contributed by atoms with E-state index in [1.165, 1.54) is 24.3 Å². The number of sulfonamides is 1. The van der Waals surface area contributed by atoms with Gasteiger partial charge in [0, 0.05) is 10.7 Å². The van der Waals surface area contributed by atoms with E-state index < -0.39 is 10.0 Å². The molecule has 0 radical (unpaired) electrons. The number of hydrogen-bond donors (Lipinski definition) is 2. The number of carbonyl (C=O) groups is 1. The van der Waals surface area contributed by atoms with Crippen molar-refractivity contribution >= 4 is 38.9 Å². The number of ether oxygens (including phenoxy) is 1. The number of halogens is 1. The highest BCUT2D eigenvalue weighted by molar-refractivity contribution is 7.92. The maximum Gasteiger partial charge on any atom is 0.262 e. The molecule has 1 saturated carbocycles. The van der Waals surface area contributed by atoms with E-state index in [-0.39, 0.29) is 22.8 Å². The molecule has 174 valence electrons.